The predicted molar refractivity (Wildman–Crippen MR) is 90.2 cm³/mol. The molecule has 0 aliphatic carbocycles. The van der Waals surface area contributed by atoms with Gasteiger partial charge in [0, 0.05) is 23.8 Å². The van der Waals surface area contributed by atoms with Crippen LogP contribution in [0.25, 0.3) is 5.69 Å². The minimum absolute atomic E-state index is 0.0878. The maximum absolute atomic E-state index is 13.1. The second-order valence-corrected chi connectivity index (χ2v) is 5.57. The lowest BCUT2D eigenvalue weighted by Crippen LogP contribution is -2.29. The van der Waals surface area contributed by atoms with Gasteiger partial charge in [-0.25, -0.2) is 4.39 Å². The Bertz CT molecular complexity index is 812. The van der Waals surface area contributed by atoms with Gasteiger partial charge >= 0.3 is 0 Å². The van der Waals surface area contributed by atoms with Crippen molar-refractivity contribution < 1.29 is 9.18 Å². The number of halogens is 1. The van der Waals surface area contributed by atoms with Crippen LogP contribution < -0.4 is 5.32 Å². The number of nitrogens with zero attached hydrogens (tertiary/aromatic N) is 2. The molecule has 0 unspecified atom stereocenters. The van der Waals surface area contributed by atoms with Crippen LogP contribution in [-0.2, 0) is 11.2 Å². The van der Waals surface area contributed by atoms with Crippen LogP contribution in [0.2, 0.25) is 0 Å². The van der Waals surface area contributed by atoms with Crippen molar-refractivity contribution in [3.63, 3.8) is 0 Å². The molecular formula is C19H18FN3O. The van der Waals surface area contributed by atoms with Gasteiger partial charge in [-0.15, -0.1) is 0 Å². The van der Waals surface area contributed by atoms with Crippen molar-refractivity contribution in [2.45, 2.75) is 19.4 Å². The van der Waals surface area contributed by atoms with Crippen molar-refractivity contribution in [1.29, 1.82) is 0 Å². The van der Waals surface area contributed by atoms with Gasteiger partial charge in [0.1, 0.15) is 5.82 Å². The Morgan fingerprint density at radius 3 is 2.67 bits per heavy atom. The Hall–Kier alpha value is -2.95. The topological polar surface area (TPSA) is 46.9 Å². The Morgan fingerprint density at radius 2 is 1.96 bits per heavy atom. The average molecular weight is 323 g/mol. The molecule has 1 atom stereocenters. The minimum Gasteiger partial charge on any atom is -0.348 e. The summed E-state index contributed by atoms with van der Waals surface area (Å²) in [5.74, 6) is -0.371. The summed E-state index contributed by atoms with van der Waals surface area (Å²) >= 11 is 0. The highest BCUT2D eigenvalue weighted by Gasteiger charge is 2.13. The number of carbonyl (C=O) groups is 1. The van der Waals surface area contributed by atoms with Crippen LogP contribution in [0.1, 0.15) is 24.4 Å². The number of nitrogens with one attached hydrogen (secondary N) is 1. The van der Waals surface area contributed by atoms with E-state index in [0.29, 0.717) is 0 Å². The van der Waals surface area contributed by atoms with Crippen molar-refractivity contribution in [2.24, 2.45) is 0 Å². The van der Waals surface area contributed by atoms with E-state index >= 15 is 0 Å². The molecule has 4 nitrogen and oxygen atoms in total. The van der Waals surface area contributed by atoms with Gasteiger partial charge in [0.15, 0.2) is 0 Å². The Morgan fingerprint density at radius 1 is 1.17 bits per heavy atom. The molecular weight excluding hydrogens is 305 g/mol. The molecule has 1 aromatic carbocycles. The van der Waals surface area contributed by atoms with Crippen molar-refractivity contribution in [3.05, 3.63) is 84.2 Å². The van der Waals surface area contributed by atoms with E-state index in [1.165, 1.54) is 12.1 Å². The van der Waals surface area contributed by atoms with Crippen LogP contribution in [0.4, 0.5) is 4.39 Å². The molecule has 1 amide bonds. The van der Waals surface area contributed by atoms with E-state index in [-0.39, 0.29) is 24.2 Å². The molecule has 0 aliphatic heterocycles. The van der Waals surface area contributed by atoms with E-state index in [2.05, 4.69) is 10.3 Å². The monoisotopic (exact) mass is 323 g/mol. The van der Waals surface area contributed by atoms with Crippen molar-refractivity contribution >= 4 is 5.91 Å². The van der Waals surface area contributed by atoms with Crippen LogP contribution >= 0.6 is 0 Å². The third-order valence-electron chi connectivity index (χ3n) is 3.79. The first kappa shape index (κ1) is 15.9. The summed E-state index contributed by atoms with van der Waals surface area (Å²) in [7, 11) is 0. The van der Waals surface area contributed by atoms with Gasteiger partial charge in [-0.05, 0) is 55.5 Å². The Balaban J connectivity index is 1.69. The molecule has 2 heterocycles. The standard InChI is InChI=1S/C19H18FN3O/c1-14(18-6-2-3-11-21-18)22-19(24)13-17-5-4-12-23(17)16-9-7-15(20)8-10-16/h2-12,14H,13H2,1H3,(H,22,24)/t14-/m0/s1. The Labute approximate surface area is 140 Å². The molecule has 1 N–H and O–H groups in total. The third-order valence-corrected chi connectivity index (χ3v) is 3.79. The average Bonchev–Trinajstić information content (AvgIpc) is 3.04. The number of carbonyl (C=O) groups excluding carboxylic acids is 1. The quantitative estimate of drug-likeness (QED) is 0.782. The van der Waals surface area contributed by atoms with E-state index < -0.39 is 0 Å². The molecule has 2 aromatic heterocycles. The van der Waals surface area contributed by atoms with Crippen molar-refractivity contribution in [1.82, 2.24) is 14.9 Å². The normalized spacial score (nSPS) is 11.9. The molecule has 0 saturated heterocycles. The molecule has 0 radical (unpaired) electrons. The molecule has 0 aliphatic rings. The largest absolute Gasteiger partial charge is 0.348 e. The Kier molecular flexibility index (Phi) is 4.70. The number of rotatable bonds is 5. The van der Waals surface area contributed by atoms with Gasteiger partial charge < -0.3 is 9.88 Å². The van der Waals surface area contributed by atoms with Crippen molar-refractivity contribution in [2.75, 3.05) is 0 Å². The van der Waals surface area contributed by atoms with Crippen LogP contribution in [0.5, 0.6) is 0 Å². The number of amides is 1. The third kappa shape index (κ3) is 3.68. The number of hydrogen-bond acceptors (Lipinski definition) is 2. The summed E-state index contributed by atoms with van der Waals surface area (Å²) in [6.45, 7) is 1.90. The van der Waals surface area contributed by atoms with Gasteiger partial charge in [0.2, 0.25) is 5.91 Å². The lowest BCUT2D eigenvalue weighted by molar-refractivity contribution is -0.121. The fraction of sp³-hybridized carbons (Fsp3) is 0.158. The first-order valence-electron chi connectivity index (χ1n) is 7.76. The summed E-state index contributed by atoms with van der Waals surface area (Å²) in [5.41, 5.74) is 2.48. The van der Waals surface area contributed by atoms with Gasteiger partial charge in [0.05, 0.1) is 18.2 Å². The lowest BCUT2D eigenvalue weighted by Gasteiger charge is -2.14. The highest BCUT2D eigenvalue weighted by Crippen LogP contribution is 2.15. The highest BCUT2D eigenvalue weighted by molar-refractivity contribution is 5.78. The smallest absolute Gasteiger partial charge is 0.226 e. The summed E-state index contributed by atoms with van der Waals surface area (Å²) in [5, 5.41) is 2.95. The molecule has 24 heavy (non-hydrogen) atoms. The predicted octanol–water partition coefficient (Wildman–Crippen LogP) is 3.43. The molecule has 0 bridgehead atoms. The molecule has 0 spiro atoms. The van der Waals surface area contributed by atoms with Gasteiger partial charge in [0.25, 0.3) is 0 Å². The number of aromatic nitrogens is 2. The summed E-state index contributed by atoms with van der Waals surface area (Å²) in [6.07, 6.45) is 3.80. The van der Waals surface area contributed by atoms with Gasteiger partial charge in [-0.1, -0.05) is 6.07 Å². The van der Waals surface area contributed by atoms with E-state index in [0.717, 1.165) is 17.1 Å². The SMILES string of the molecule is C[C@H](NC(=O)Cc1cccn1-c1ccc(F)cc1)c1ccccn1. The fourth-order valence-corrected chi connectivity index (χ4v) is 2.58. The van der Waals surface area contributed by atoms with E-state index in [9.17, 15) is 9.18 Å². The summed E-state index contributed by atoms with van der Waals surface area (Å²) in [4.78, 5) is 16.6. The molecule has 3 aromatic rings. The second kappa shape index (κ2) is 7.08. The second-order valence-electron chi connectivity index (χ2n) is 5.57. The number of benzene rings is 1. The van der Waals surface area contributed by atoms with Gasteiger partial charge in [-0.2, -0.15) is 0 Å². The minimum atomic E-state index is -0.283. The number of pyridine rings is 1. The molecule has 122 valence electrons. The molecule has 5 heteroatoms. The van der Waals surface area contributed by atoms with Crippen LogP contribution in [0.3, 0.4) is 0 Å². The van der Waals surface area contributed by atoms with E-state index in [1.54, 1.807) is 18.3 Å². The zero-order valence-electron chi connectivity index (χ0n) is 13.3. The van der Waals surface area contributed by atoms with Crippen LogP contribution in [0.15, 0.2) is 67.0 Å². The van der Waals surface area contributed by atoms with Crippen LogP contribution in [0, 0.1) is 5.82 Å². The molecule has 0 saturated carbocycles. The van der Waals surface area contributed by atoms with E-state index in [1.807, 2.05) is 48.0 Å². The maximum Gasteiger partial charge on any atom is 0.226 e. The first-order valence-corrected chi connectivity index (χ1v) is 7.76. The fourth-order valence-electron chi connectivity index (χ4n) is 2.58. The molecule has 0 fully saturated rings. The summed E-state index contributed by atoms with van der Waals surface area (Å²) < 4.78 is 14.9. The highest BCUT2D eigenvalue weighted by atomic mass is 19.1. The zero-order valence-corrected chi connectivity index (χ0v) is 13.3. The van der Waals surface area contributed by atoms with E-state index in [4.69, 9.17) is 0 Å². The number of hydrogen-bond donors (Lipinski definition) is 1. The zero-order chi connectivity index (χ0) is 16.9. The lowest BCUT2D eigenvalue weighted by atomic mass is 10.2. The summed E-state index contributed by atoms with van der Waals surface area (Å²) in [6, 6.07) is 15.4. The van der Waals surface area contributed by atoms with Crippen LogP contribution in [-0.4, -0.2) is 15.5 Å². The molecule has 3 rings (SSSR count). The van der Waals surface area contributed by atoms with Gasteiger partial charge in [-0.3, -0.25) is 9.78 Å². The maximum atomic E-state index is 13.1. The van der Waals surface area contributed by atoms with Crippen molar-refractivity contribution in [3.8, 4) is 5.69 Å². The first-order chi connectivity index (χ1) is 11.6.